The molecule has 0 atom stereocenters. The zero-order chi connectivity index (χ0) is 14.6. The Morgan fingerprint density at radius 3 is 2.53 bits per heavy atom. The molecular weight excluding hydrogens is 254 g/mol. The number of likely N-dealkylation sites (N-methyl/N-ethyl adjacent to an activating group) is 1. The zero-order valence-electron chi connectivity index (χ0n) is 11.2. The molecule has 6 heteroatoms. The van der Waals surface area contributed by atoms with Gasteiger partial charge in [0.05, 0.1) is 13.2 Å². The Hall–Kier alpha value is -1.53. The molecular formula is C13H18F2N2O2. The summed E-state index contributed by atoms with van der Waals surface area (Å²) in [7, 11) is 1.70. The predicted octanol–water partition coefficient (Wildman–Crippen LogP) is 1.61. The fourth-order valence-electron chi connectivity index (χ4n) is 1.32. The van der Waals surface area contributed by atoms with Crippen LogP contribution in [0, 0.1) is 11.6 Å². The lowest BCUT2D eigenvalue weighted by Crippen LogP contribution is -2.47. The van der Waals surface area contributed by atoms with Crippen molar-refractivity contribution < 1.29 is 18.7 Å². The van der Waals surface area contributed by atoms with Gasteiger partial charge in [-0.1, -0.05) is 0 Å². The largest absolute Gasteiger partial charge is 0.394 e. The van der Waals surface area contributed by atoms with E-state index < -0.39 is 17.2 Å². The van der Waals surface area contributed by atoms with Crippen molar-refractivity contribution in [1.82, 2.24) is 4.90 Å². The van der Waals surface area contributed by atoms with Crippen LogP contribution in [0.4, 0.5) is 14.5 Å². The number of benzene rings is 1. The maximum absolute atomic E-state index is 13.0. The van der Waals surface area contributed by atoms with Gasteiger partial charge in [-0.05, 0) is 33.0 Å². The van der Waals surface area contributed by atoms with Gasteiger partial charge in [-0.15, -0.1) is 0 Å². The van der Waals surface area contributed by atoms with Gasteiger partial charge in [-0.25, -0.2) is 8.78 Å². The molecule has 1 amide bonds. The molecule has 0 radical (unpaired) electrons. The molecule has 0 aliphatic carbocycles. The van der Waals surface area contributed by atoms with Crippen molar-refractivity contribution in [3.05, 3.63) is 29.8 Å². The van der Waals surface area contributed by atoms with E-state index in [0.29, 0.717) is 0 Å². The van der Waals surface area contributed by atoms with Crippen LogP contribution in [0.2, 0.25) is 0 Å². The lowest BCUT2D eigenvalue weighted by molar-refractivity contribution is -0.118. The van der Waals surface area contributed by atoms with Crippen LogP contribution in [0.15, 0.2) is 18.2 Å². The molecule has 19 heavy (non-hydrogen) atoms. The van der Waals surface area contributed by atoms with Crippen molar-refractivity contribution in [2.75, 3.05) is 25.5 Å². The summed E-state index contributed by atoms with van der Waals surface area (Å²) in [6, 6.07) is 3.16. The summed E-state index contributed by atoms with van der Waals surface area (Å²) in [4.78, 5) is 13.4. The monoisotopic (exact) mass is 272 g/mol. The van der Waals surface area contributed by atoms with Crippen LogP contribution in [-0.4, -0.2) is 41.7 Å². The summed E-state index contributed by atoms with van der Waals surface area (Å²) < 4.78 is 25.7. The Morgan fingerprint density at radius 2 is 2.00 bits per heavy atom. The van der Waals surface area contributed by atoms with E-state index in [1.165, 1.54) is 6.07 Å². The lowest BCUT2D eigenvalue weighted by atomic mass is 10.1. The van der Waals surface area contributed by atoms with Crippen LogP contribution >= 0.6 is 0 Å². The highest BCUT2D eigenvalue weighted by atomic mass is 19.2. The average molecular weight is 272 g/mol. The topological polar surface area (TPSA) is 52.6 Å². The molecule has 4 nitrogen and oxygen atoms in total. The molecule has 0 saturated heterocycles. The summed E-state index contributed by atoms with van der Waals surface area (Å²) in [5.41, 5.74) is -0.343. The Kier molecular flexibility index (Phi) is 4.97. The number of amides is 1. The number of anilines is 1. The Bertz CT molecular complexity index is 464. The van der Waals surface area contributed by atoms with Gasteiger partial charge in [0.25, 0.3) is 0 Å². The van der Waals surface area contributed by atoms with E-state index in [1.54, 1.807) is 25.8 Å². The van der Waals surface area contributed by atoms with Crippen LogP contribution in [-0.2, 0) is 4.79 Å². The maximum Gasteiger partial charge on any atom is 0.238 e. The molecule has 1 aromatic rings. The van der Waals surface area contributed by atoms with Crippen molar-refractivity contribution in [2.45, 2.75) is 19.4 Å². The van der Waals surface area contributed by atoms with Gasteiger partial charge in [0.1, 0.15) is 0 Å². The highest BCUT2D eigenvalue weighted by molar-refractivity contribution is 5.92. The van der Waals surface area contributed by atoms with E-state index in [0.717, 1.165) is 12.1 Å². The van der Waals surface area contributed by atoms with E-state index in [1.807, 2.05) is 0 Å². The highest BCUT2D eigenvalue weighted by Gasteiger charge is 2.24. The Morgan fingerprint density at radius 1 is 1.37 bits per heavy atom. The van der Waals surface area contributed by atoms with Gasteiger partial charge in [0.2, 0.25) is 5.91 Å². The minimum atomic E-state index is -1.01. The van der Waals surface area contributed by atoms with Crippen LogP contribution in [0.5, 0.6) is 0 Å². The number of halogens is 2. The van der Waals surface area contributed by atoms with Gasteiger partial charge in [-0.2, -0.15) is 0 Å². The minimum Gasteiger partial charge on any atom is -0.394 e. The van der Waals surface area contributed by atoms with Gasteiger partial charge < -0.3 is 10.4 Å². The molecule has 0 bridgehead atoms. The molecule has 0 unspecified atom stereocenters. The molecule has 0 aromatic heterocycles. The Labute approximate surface area is 111 Å². The fourth-order valence-corrected chi connectivity index (χ4v) is 1.32. The first-order chi connectivity index (χ1) is 8.76. The third-order valence-corrected chi connectivity index (χ3v) is 3.00. The van der Waals surface area contributed by atoms with Crippen molar-refractivity contribution in [1.29, 1.82) is 0 Å². The molecule has 0 spiro atoms. The summed E-state index contributed by atoms with van der Waals surface area (Å²) in [6.45, 7) is 3.52. The minimum absolute atomic E-state index is 0.0343. The molecule has 0 aliphatic rings. The first-order valence-corrected chi connectivity index (χ1v) is 5.83. The van der Waals surface area contributed by atoms with E-state index in [9.17, 15) is 13.6 Å². The third kappa shape index (κ3) is 4.25. The summed E-state index contributed by atoms with van der Waals surface area (Å²) in [6.07, 6.45) is 0. The van der Waals surface area contributed by atoms with Crippen LogP contribution < -0.4 is 5.32 Å². The van der Waals surface area contributed by atoms with E-state index in [4.69, 9.17) is 5.11 Å². The van der Waals surface area contributed by atoms with Crippen LogP contribution in [0.25, 0.3) is 0 Å². The van der Waals surface area contributed by atoms with Gasteiger partial charge in [0, 0.05) is 17.3 Å². The van der Waals surface area contributed by atoms with E-state index in [-0.39, 0.29) is 24.7 Å². The number of aliphatic hydroxyl groups excluding tert-OH is 1. The van der Waals surface area contributed by atoms with Crippen molar-refractivity contribution in [2.24, 2.45) is 0 Å². The number of nitrogens with zero attached hydrogens (tertiary/aromatic N) is 1. The first kappa shape index (κ1) is 15.5. The van der Waals surface area contributed by atoms with Gasteiger partial charge >= 0.3 is 0 Å². The summed E-state index contributed by atoms with van der Waals surface area (Å²) >= 11 is 0. The number of aliphatic hydroxyl groups is 1. The SMILES string of the molecule is CN(CC(=O)Nc1ccc(F)c(F)c1)C(C)(C)CO. The third-order valence-electron chi connectivity index (χ3n) is 3.00. The first-order valence-electron chi connectivity index (χ1n) is 5.83. The molecule has 0 saturated carbocycles. The fraction of sp³-hybridized carbons (Fsp3) is 0.462. The standard InChI is InChI=1S/C13H18F2N2O2/c1-13(2,8-18)17(3)7-12(19)16-9-4-5-10(14)11(15)6-9/h4-6,18H,7-8H2,1-3H3,(H,16,19). The summed E-state index contributed by atoms with van der Waals surface area (Å²) in [5, 5.41) is 11.6. The Balaban J connectivity index is 2.63. The molecule has 106 valence electrons. The normalized spacial score (nSPS) is 11.7. The van der Waals surface area contributed by atoms with Crippen molar-refractivity contribution >= 4 is 11.6 Å². The molecule has 0 aliphatic heterocycles. The average Bonchev–Trinajstić information content (AvgIpc) is 2.33. The predicted molar refractivity (Wildman–Crippen MR) is 68.8 cm³/mol. The number of carbonyl (C=O) groups excluding carboxylic acids is 1. The molecule has 2 N–H and O–H groups in total. The number of hydrogen-bond acceptors (Lipinski definition) is 3. The smallest absolute Gasteiger partial charge is 0.238 e. The molecule has 0 fully saturated rings. The quantitative estimate of drug-likeness (QED) is 0.856. The van der Waals surface area contributed by atoms with Crippen LogP contribution in [0.1, 0.15) is 13.8 Å². The zero-order valence-corrected chi connectivity index (χ0v) is 11.2. The molecule has 1 rings (SSSR count). The second-order valence-corrected chi connectivity index (χ2v) is 5.00. The number of nitrogens with one attached hydrogen (secondary N) is 1. The number of rotatable bonds is 5. The second-order valence-electron chi connectivity index (χ2n) is 5.00. The van der Waals surface area contributed by atoms with Gasteiger partial charge in [-0.3, -0.25) is 9.69 Å². The van der Waals surface area contributed by atoms with Crippen molar-refractivity contribution in [3.63, 3.8) is 0 Å². The van der Waals surface area contributed by atoms with Crippen molar-refractivity contribution in [3.8, 4) is 0 Å². The van der Waals surface area contributed by atoms with Gasteiger partial charge in [0.15, 0.2) is 11.6 Å². The highest BCUT2D eigenvalue weighted by Crippen LogP contribution is 2.14. The number of carbonyl (C=O) groups is 1. The lowest BCUT2D eigenvalue weighted by Gasteiger charge is -2.33. The van der Waals surface area contributed by atoms with E-state index in [2.05, 4.69) is 5.32 Å². The second kappa shape index (κ2) is 6.08. The maximum atomic E-state index is 13.0. The van der Waals surface area contributed by atoms with Crippen LogP contribution in [0.3, 0.4) is 0 Å². The number of hydrogen-bond donors (Lipinski definition) is 2. The molecule has 1 aromatic carbocycles. The molecule has 0 heterocycles. The summed E-state index contributed by atoms with van der Waals surface area (Å²) in [5.74, 6) is -2.34. The van der Waals surface area contributed by atoms with E-state index >= 15 is 0 Å².